The molecule has 2 aromatic heterocycles. The zero-order valence-electron chi connectivity index (χ0n) is 10.4. The van der Waals surface area contributed by atoms with Crippen molar-refractivity contribution >= 4 is 21.6 Å². The van der Waals surface area contributed by atoms with Crippen molar-refractivity contribution in [3.63, 3.8) is 0 Å². The fraction of sp³-hybridized carbons (Fsp3) is 0.500. The van der Waals surface area contributed by atoms with Crippen LogP contribution in [0.15, 0.2) is 16.7 Å². The topological polar surface area (TPSA) is 42.2 Å². The Hall–Kier alpha value is -1.15. The quantitative estimate of drug-likeness (QED) is 0.861. The summed E-state index contributed by atoms with van der Waals surface area (Å²) in [6, 6.07) is 1.74. The summed E-state index contributed by atoms with van der Waals surface area (Å²) in [5, 5.41) is 6.97. The standard InChI is InChI=1S/C12H12BrF3N4/c13-9-10(12(14,15)16)19-20-8(3-5-18-11(9)20)7-2-1-4-17-6-7/h3,5,7,17H,1-2,4,6H2. The van der Waals surface area contributed by atoms with Crippen LogP contribution in [0.25, 0.3) is 5.65 Å². The van der Waals surface area contributed by atoms with E-state index in [4.69, 9.17) is 0 Å². The number of hydrogen-bond donors (Lipinski definition) is 1. The van der Waals surface area contributed by atoms with Crippen molar-refractivity contribution in [3.8, 4) is 0 Å². The molecule has 1 unspecified atom stereocenters. The number of nitrogens with zero attached hydrogens (tertiary/aromatic N) is 3. The van der Waals surface area contributed by atoms with E-state index in [9.17, 15) is 13.2 Å². The van der Waals surface area contributed by atoms with Gasteiger partial charge in [-0.1, -0.05) is 0 Å². The van der Waals surface area contributed by atoms with Crippen LogP contribution in [0.1, 0.15) is 30.1 Å². The molecule has 0 bridgehead atoms. The number of hydrogen-bond acceptors (Lipinski definition) is 3. The van der Waals surface area contributed by atoms with Gasteiger partial charge in [-0.15, -0.1) is 0 Å². The van der Waals surface area contributed by atoms with Gasteiger partial charge in [0.05, 0.1) is 10.2 Å². The molecule has 0 spiro atoms. The molecule has 0 aromatic carbocycles. The molecule has 1 fully saturated rings. The van der Waals surface area contributed by atoms with Gasteiger partial charge in [0.1, 0.15) is 0 Å². The van der Waals surface area contributed by atoms with E-state index in [0.717, 1.165) is 31.6 Å². The summed E-state index contributed by atoms with van der Waals surface area (Å²) in [4.78, 5) is 4.00. The number of alkyl halides is 3. The van der Waals surface area contributed by atoms with Gasteiger partial charge in [0.25, 0.3) is 0 Å². The van der Waals surface area contributed by atoms with E-state index in [-0.39, 0.29) is 16.0 Å². The molecule has 0 aliphatic carbocycles. The Labute approximate surface area is 121 Å². The molecule has 1 aliphatic heterocycles. The average molecular weight is 349 g/mol. The van der Waals surface area contributed by atoms with Gasteiger partial charge in [-0.2, -0.15) is 18.3 Å². The number of fused-ring (bicyclic) bond motifs is 1. The third-order valence-electron chi connectivity index (χ3n) is 3.48. The van der Waals surface area contributed by atoms with Crippen molar-refractivity contribution in [1.82, 2.24) is 19.9 Å². The minimum atomic E-state index is -4.49. The lowest BCUT2D eigenvalue weighted by atomic mass is 9.96. The van der Waals surface area contributed by atoms with Gasteiger partial charge in [0.2, 0.25) is 0 Å². The highest BCUT2D eigenvalue weighted by molar-refractivity contribution is 9.10. The van der Waals surface area contributed by atoms with Gasteiger partial charge in [0, 0.05) is 18.7 Å². The first-order valence-corrected chi connectivity index (χ1v) is 7.09. The second-order valence-electron chi connectivity index (χ2n) is 4.81. The number of nitrogens with one attached hydrogen (secondary N) is 1. The van der Waals surface area contributed by atoms with E-state index in [0.29, 0.717) is 0 Å². The fourth-order valence-corrected chi connectivity index (χ4v) is 3.11. The fourth-order valence-electron chi connectivity index (χ4n) is 2.53. The lowest BCUT2D eigenvalue weighted by Crippen LogP contribution is -2.29. The summed E-state index contributed by atoms with van der Waals surface area (Å²) < 4.78 is 40.0. The van der Waals surface area contributed by atoms with E-state index in [1.165, 1.54) is 10.7 Å². The highest BCUT2D eigenvalue weighted by atomic mass is 79.9. The van der Waals surface area contributed by atoms with E-state index < -0.39 is 11.9 Å². The predicted molar refractivity (Wildman–Crippen MR) is 70.5 cm³/mol. The van der Waals surface area contributed by atoms with Crippen LogP contribution in [0.2, 0.25) is 0 Å². The number of rotatable bonds is 1. The molecule has 0 amide bonds. The zero-order chi connectivity index (χ0) is 14.3. The number of aromatic nitrogens is 3. The Morgan fingerprint density at radius 1 is 1.40 bits per heavy atom. The van der Waals surface area contributed by atoms with Crippen molar-refractivity contribution in [3.05, 3.63) is 28.1 Å². The Kier molecular flexibility index (Phi) is 3.45. The van der Waals surface area contributed by atoms with Gasteiger partial charge in [0.15, 0.2) is 11.3 Å². The molecule has 4 nitrogen and oxygen atoms in total. The van der Waals surface area contributed by atoms with Crippen molar-refractivity contribution in [2.45, 2.75) is 24.9 Å². The van der Waals surface area contributed by atoms with Crippen LogP contribution in [0.5, 0.6) is 0 Å². The maximum absolute atomic E-state index is 12.9. The lowest BCUT2D eigenvalue weighted by molar-refractivity contribution is -0.141. The highest BCUT2D eigenvalue weighted by Gasteiger charge is 2.38. The molecule has 108 valence electrons. The molecule has 0 radical (unpaired) electrons. The van der Waals surface area contributed by atoms with Crippen molar-refractivity contribution < 1.29 is 13.2 Å². The van der Waals surface area contributed by atoms with Crippen LogP contribution >= 0.6 is 15.9 Å². The van der Waals surface area contributed by atoms with E-state index in [1.807, 2.05) is 0 Å². The Morgan fingerprint density at radius 2 is 2.20 bits per heavy atom. The molecule has 0 saturated carbocycles. The van der Waals surface area contributed by atoms with Crippen LogP contribution in [0.4, 0.5) is 13.2 Å². The van der Waals surface area contributed by atoms with Crippen LogP contribution < -0.4 is 5.32 Å². The summed E-state index contributed by atoms with van der Waals surface area (Å²) in [7, 11) is 0. The summed E-state index contributed by atoms with van der Waals surface area (Å²) in [5.74, 6) is 0.155. The summed E-state index contributed by atoms with van der Waals surface area (Å²) in [6.45, 7) is 1.69. The molecule has 3 heterocycles. The molecule has 1 N–H and O–H groups in total. The second-order valence-corrected chi connectivity index (χ2v) is 5.60. The molecule has 1 aliphatic rings. The Morgan fingerprint density at radius 3 is 2.85 bits per heavy atom. The van der Waals surface area contributed by atoms with Crippen LogP contribution in [-0.2, 0) is 6.18 Å². The smallest absolute Gasteiger partial charge is 0.316 e. The Balaban J connectivity index is 2.14. The molecular formula is C12H12BrF3N4. The minimum Gasteiger partial charge on any atom is -0.316 e. The van der Waals surface area contributed by atoms with Gasteiger partial charge in [-0.3, -0.25) is 0 Å². The Bertz CT molecular complexity index is 631. The van der Waals surface area contributed by atoms with Crippen LogP contribution in [0.3, 0.4) is 0 Å². The van der Waals surface area contributed by atoms with Crippen molar-refractivity contribution in [2.24, 2.45) is 0 Å². The molecule has 20 heavy (non-hydrogen) atoms. The van der Waals surface area contributed by atoms with Crippen LogP contribution in [0, 0.1) is 0 Å². The summed E-state index contributed by atoms with van der Waals surface area (Å²) >= 11 is 2.96. The highest BCUT2D eigenvalue weighted by Crippen LogP contribution is 2.36. The summed E-state index contributed by atoms with van der Waals surface area (Å²) in [6.07, 6.45) is -1.02. The van der Waals surface area contributed by atoms with Crippen molar-refractivity contribution in [2.75, 3.05) is 13.1 Å². The molecule has 1 saturated heterocycles. The largest absolute Gasteiger partial charge is 0.436 e. The summed E-state index contributed by atoms with van der Waals surface area (Å²) in [5.41, 5.74) is 0.0417. The van der Waals surface area contributed by atoms with Gasteiger partial charge >= 0.3 is 6.18 Å². The monoisotopic (exact) mass is 348 g/mol. The van der Waals surface area contributed by atoms with Gasteiger partial charge in [-0.25, -0.2) is 9.50 Å². The number of piperidine rings is 1. The normalized spacial score (nSPS) is 20.5. The van der Waals surface area contributed by atoms with Gasteiger partial charge < -0.3 is 5.32 Å². The SMILES string of the molecule is FC(F)(F)c1nn2c(C3CCCNC3)ccnc2c1Br. The molecular weight excluding hydrogens is 337 g/mol. The molecule has 1 atom stereocenters. The maximum Gasteiger partial charge on any atom is 0.436 e. The van der Waals surface area contributed by atoms with Crippen LogP contribution in [-0.4, -0.2) is 27.7 Å². The number of halogens is 4. The molecule has 2 aromatic rings. The van der Waals surface area contributed by atoms with E-state index in [1.54, 1.807) is 6.07 Å². The van der Waals surface area contributed by atoms with E-state index in [2.05, 4.69) is 31.3 Å². The predicted octanol–water partition coefficient (Wildman–Crippen LogP) is 2.98. The van der Waals surface area contributed by atoms with Gasteiger partial charge in [-0.05, 0) is 41.4 Å². The third-order valence-corrected chi connectivity index (χ3v) is 4.21. The third kappa shape index (κ3) is 2.31. The molecule has 3 rings (SSSR count). The first-order chi connectivity index (χ1) is 9.48. The van der Waals surface area contributed by atoms with Crippen molar-refractivity contribution in [1.29, 1.82) is 0 Å². The zero-order valence-corrected chi connectivity index (χ0v) is 12.0. The minimum absolute atomic E-state index is 0.101. The first kappa shape index (κ1) is 13.8. The second kappa shape index (κ2) is 5.00. The average Bonchev–Trinajstić information content (AvgIpc) is 2.77. The maximum atomic E-state index is 12.9. The molecule has 8 heteroatoms. The first-order valence-electron chi connectivity index (χ1n) is 6.29. The lowest BCUT2D eigenvalue weighted by Gasteiger charge is -2.23. The van der Waals surface area contributed by atoms with E-state index >= 15 is 0 Å².